The van der Waals surface area contributed by atoms with E-state index in [1.54, 1.807) is 18.3 Å². The highest BCUT2D eigenvalue weighted by atomic mass is 19.2. The first-order valence-corrected chi connectivity index (χ1v) is 7.32. The molecule has 118 valence electrons. The van der Waals surface area contributed by atoms with E-state index in [0.717, 1.165) is 6.07 Å². The van der Waals surface area contributed by atoms with Crippen molar-refractivity contribution in [1.29, 1.82) is 0 Å². The Hall–Kier alpha value is -2.50. The fourth-order valence-electron chi connectivity index (χ4n) is 3.19. The van der Waals surface area contributed by atoms with Crippen LogP contribution in [0.15, 0.2) is 41.6 Å². The second-order valence-electron chi connectivity index (χ2n) is 5.56. The van der Waals surface area contributed by atoms with Crippen molar-refractivity contribution in [3.05, 3.63) is 75.4 Å². The number of nitrogens with two attached hydrogens (primary N) is 1. The minimum absolute atomic E-state index is 0.200. The van der Waals surface area contributed by atoms with E-state index in [1.165, 1.54) is 12.1 Å². The van der Waals surface area contributed by atoms with Gasteiger partial charge in [0.1, 0.15) is 0 Å². The van der Waals surface area contributed by atoms with Gasteiger partial charge in [-0.05, 0) is 47.6 Å². The summed E-state index contributed by atoms with van der Waals surface area (Å²) in [7, 11) is 0. The molecule has 1 aliphatic carbocycles. The molecule has 0 fully saturated rings. The highest BCUT2D eigenvalue weighted by Crippen LogP contribution is 2.44. The molecule has 2 N–H and O–H groups in total. The van der Waals surface area contributed by atoms with Crippen LogP contribution in [0.2, 0.25) is 0 Å². The summed E-state index contributed by atoms with van der Waals surface area (Å²) in [5.74, 6) is -2.31. The Balaban J connectivity index is 2.17. The summed E-state index contributed by atoms with van der Waals surface area (Å²) in [5.41, 5.74) is 16.6. The molecule has 3 rings (SSSR count). The second-order valence-corrected chi connectivity index (χ2v) is 5.56. The standard InChI is InChI=1S/C16H15F2N5/c17-12-5-1-3-9(14(12)18)10-6-7-13(19)16-11(4-2-8-21-16)15(10)22-23-20/h1-5,8,10,13,15H,6-7,19H2/t10-,13+,15-/m0/s1. The van der Waals surface area contributed by atoms with E-state index in [9.17, 15) is 8.78 Å². The SMILES string of the molecule is [N-]=[N+]=N[C@@H]1c2cccnc2[C@H](N)CC[C@H]1c1cccc(F)c1F. The number of hydrogen-bond donors (Lipinski definition) is 1. The molecule has 0 radical (unpaired) electrons. The zero-order valence-electron chi connectivity index (χ0n) is 12.2. The average molecular weight is 315 g/mol. The molecule has 0 saturated heterocycles. The number of fused-ring (bicyclic) bond motifs is 1. The summed E-state index contributed by atoms with van der Waals surface area (Å²) >= 11 is 0. The van der Waals surface area contributed by atoms with Crippen LogP contribution in [-0.4, -0.2) is 4.98 Å². The Bertz CT molecular complexity index is 773. The van der Waals surface area contributed by atoms with Gasteiger partial charge in [-0.2, -0.15) is 0 Å². The molecule has 1 aliphatic rings. The molecule has 7 heteroatoms. The quantitative estimate of drug-likeness (QED) is 0.388. The Morgan fingerprint density at radius 1 is 1.17 bits per heavy atom. The predicted octanol–water partition coefficient (Wildman–Crippen LogP) is 4.29. The molecule has 0 spiro atoms. The van der Waals surface area contributed by atoms with Gasteiger partial charge in [0.15, 0.2) is 11.6 Å². The minimum Gasteiger partial charge on any atom is -0.323 e. The molecule has 0 unspecified atom stereocenters. The smallest absolute Gasteiger partial charge is 0.162 e. The number of hydrogen-bond acceptors (Lipinski definition) is 3. The van der Waals surface area contributed by atoms with Gasteiger partial charge < -0.3 is 5.73 Å². The Kier molecular flexibility index (Phi) is 4.23. The Morgan fingerprint density at radius 2 is 1.96 bits per heavy atom. The summed E-state index contributed by atoms with van der Waals surface area (Å²) in [6.45, 7) is 0. The van der Waals surface area contributed by atoms with Crippen LogP contribution in [0, 0.1) is 11.6 Å². The van der Waals surface area contributed by atoms with E-state index in [-0.39, 0.29) is 11.6 Å². The molecule has 0 saturated carbocycles. The van der Waals surface area contributed by atoms with Crippen molar-refractivity contribution in [3.8, 4) is 0 Å². The van der Waals surface area contributed by atoms with Gasteiger partial charge >= 0.3 is 0 Å². The van der Waals surface area contributed by atoms with Crippen molar-refractivity contribution in [2.75, 3.05) is 0 Å². The maximum atomic E-state index is 14.2. The molecule has 1 heterocycles. The van der Waals surface area contributed by atoms with Gasteiger partial charge in [-0.15, -0.1) is 0 Å². The van der Waals surface area contributed by atoms with Crippen LogP contribution in [0.3, 0.4) is 0 Å². The number of azide groups is 1. The highest BCUT2D eigenvalue weighted by molar-refractivity contribution is 5.34. The predicted molar refractivity (Wildman–Crippen MR) is 81.4 cm³/mol. The molecule has 0 amide bonds. The van der Waals surface area contributed by atoms with Gasteiger partial charge in [0.2, 0.25) is 0 Å². The summed E-state index contributed by atoms with van der Waals surface area (Å²) in [4.78, 5) is 7.18. The lowest BCUT2D eigenvalue weighted by Gasteiger charge is -2.23. The van der Waals surface area contributed by atoms with Crippen molar-refractivity contribution in [3.63, 3.8) is 0 Å². The lowest BCUT2D eigenvalue weighted by Crippen LogP contribution is -2.13. The van der Waals surface area contributed by atoms with Crippen molar-refractivity contribution in [1.82, 2.24) is 4.98 Å². The molecule has 2 aromatic rings. The van der Waals surface area contributed by atoms with Crippen molar-refractivity contribution in [2.45, 2.75) is 30.8 Å². The number of halogens is 2. The van der Waals surface area contributed by atoms with Crippen LogP contribution >= 0.6 is 0 Å². The normalized spacial score (nSPS) is 23.5. The van der Waals surface area contributed by atoms with Gasteiger partial charge in [-0.3, -0.25) is 4.98 Å². The Labute approximate surface area is 131 Å². The molecule has 0 bridgehead atoms. The van der Waals surface area contributed by atoms with Crippen LogP contribution < -0.4 is 5.73 Å². The van der Waals surface area contributed by atoms with Crippen LogP contribution in [0.1, 0.15) is 47.7 Å². The third-order valence-electron chi connectivity index (χ3n) is 4.27. The first-order chi connectivity index (χ1) is 11.1. The maximum absolute atomic E-state index is 14.2. The van der Waals surface area contributed by atoms with E-state index < -0.39 is 23.6 Å². The number of benzene rings is 1. The van der Waals surface area contributed by atoms with Crippen LogP contribution in [0.5, 0.6) is 0 Å². The summed E-state index contributed by atoms with van der Waals surface area (Å²) in [5, 5.41) is 3.84. The zero-order valence-corrected chi connectivity index (χ0v) is 12.2. The number of aromatic nitrogens is 1. The largest absolute Gasteiger partial charge is 0.323 e. The highest BCUT2D eigenvalue weighted by Gasteiger charge is 2.33. The topological polar surface area (TPSA) is 87.7 Å². The molecule has 5 nitrogen and oxygen atoms in total. The monoisotopic (exact) mass is 315 g/mol. The van der Waals surface area contributed by atoms with E-state index in [1.807, 2.05) is 0 Å². The van der Waals surface area contributed by atoms with Crippen LogP contribution in [-0.2, 0) is 0 Å². The third kappa shape index (κ3) is 2.76. The zero-order chi connectivity index (χ0) is 16.4. The fourth-order valence-corrected chi connectivity index (χ4v) is 3.19. The average Bonchev–Trinajstić information content (AvgIpc) is 2.69. The maximum Gasteiger partial charge on any atom is 0.162 e. The molecule has 1 aromatic carbocycles. The van der Waals surface area contributed by atoms with Crippen molar-refractivity contribution in [2.24, 2.45) is 10.8 Å². The molecule has 3 atom stereocenters. The van der Waals surface area contributed by atoms with Crippen molar-refractivity contribution < 1.29 is 8.78 Å². The van der Waals surface area contributed by atoms with E-state index in [2.05, 4.69) is 15.0 Å². The summed E-state index contributed by atoms with van der Waals surface area (Å²) in [6.07, 6.45) is 2.64. The molecular weight excluding hydrogens is 300 g/mol. The minimum atomic E-state index is -0.915. The van der Waals surface area contributed by atoms with Gasteiger partial charge in [-0.1, -0.05) is 23.3 Å². The van der Waals surface area contributed by atoms with Crippen LogP contribution in [0.25, 0.3) is 10.4 Å². The van der Waals surface area contributed by atoms with Crippen molar-refractivity contribution >= 4 is 0 Å². The second kappa shape index (κ2) is 6.32. The van der Waals surface area contributed by atoms with E-state index in [0.29, 0.717) is 24.1 Å². The summed E-state index contributed by atoms with van der Waals surface area (Å²) in [6, 6.07) is 6.54. The van der Waals surface area contributed by atoms with Gasteiger partial charge in [0.25, 0.3) is 0 Å². The van der Waals surface area contributed by atoms with Gasteiger partial charge in [-0.25, -0.2) is 8.78 Å². The third-order valence-corrected chi connectivity index (χ3v) is 4.27. The molecule has 1 aromatic heterocycles. The number of rotatable bonds is 2. The molecule has 23 heavy (non-hydrogen) atoms. The number of pyridine rings is 1. The molecular formula is C16H15F2N5. The Morgan fingerprint density at radius 3 is 2.74 bits per heavy atom. The van der Waals surface area contributed by atoms with E-state index >= 15 is 0 Å². The van der Waals surface area contributed by atoms with Gasteiger partial charge in [0.05, 0.1) is 11.7 Å². The molecule has 0 aliphatic heterocycles. The van der Waals surface area contributed by atoms with Gasteiger partial charge in [0, 0.05) is 17.2 Å². The fraction of sp³-hybridized carbons (Fsp3) is 0.312. The lowest BCUT2D eigenvalue weighted by atomic mass is 9.86. The number of nitrogens with zero attached hydrogens (tertiary/aromatic N) is 4. The lowest BCUT2D eigenvalue weighted by molar-refractivity contribution is 0.449. The summed E-state index contributed by atoms with van der Waals surface area (Å²) < 4.78 is 27.9. The first kappa shape index (κ1) is 15.4. The van der Waals surface area contributed by atoms with E-state index in [4.69, 9.17) is 11.3 Å². The first-order valence-electron chi connectivity index (χ1n) is 7.32. The van der Waals surface area contributed by atoms with Crippen LogP contribution in [0.4, 0.5) is 8.78 Å².